The lowest BCUT2D eigenvalue weighted by atomic mass is 10.1. The Labute approximate surface area is 228 Å². The molecule has 1 aromatic heterocycles. The van der Waals surface area contributed by atoms with Crippen molar-refractivity contribution in [1.29, 1.82) is 0 Å². The fourth-order valence-corrected chi connectivity index (χ4v) is 4.29. The number of hydrogen-bond acceptors (Lipinski definition) is 7. The molecule has 0 bridgehead atoms. The Kier molecular flexibility index (Phi) is 13.6. The molecule has 1 saturated heterocycles. The number of ether oxygens (including phenoxy) is 2. The number of nitrogens with zero attached hydrogens (tertiary/aromatic N) is 4. The fraction of sp³-hybridized carbons (Fsp3) is 0.567. The highest BCUT2D eigenvalue weighted by atomic mass is 16.5. The minimum atomic E-state index is 0.0619. The summed E-state index contributed by atoms with van der Waals surface area (Å²) in [6.07, 6.45) is 5.72. The topological polar surface area (TPSA) is 75.2 Å². The van der Waals surface area contributed by atoms with E-state index in [1.165, 1.54) is 24.0 Å². The molecule has 1 aliphatic carbocycles. The number of carbonyl (C=O) groups excluding carboxylic acids is 2. The van der Waals surface area contributed by atoms with Gasteiger partial charge in [-0.05, 0) is 67.5 Å². The molecule has 8 nitrogen and oxygen atoms in total. The van der Waals surface area contributed by atoms with E-state index in [0.717, 1.165) is 37.6 Å². The maximum Gasteiger partial charge on any atom is 0.293 e. The first-order valence-electron chi connectivity index (χ1n) is 13.8. The first kappa shape index (κ1) is 31.1. The number of hydrogen-bond donors (Lipinski definition) is 0. The summed E-state index contributed by atoms with van der Waals surface area (Å²) in [6.45, 7) is 13.5. The Morgan fingerprint density at radius 2 is 1.76 bits per heavy atom. The van der Waals surface area contributed by atoms with Crippen molar-refractivity contribution in [2.45, 2.75) is 52.9 Å². The number of likely N-dealkylation sites (N-methyl/N-ethyl adjacent to an activating group) is 1. The number of aromatic nitrogens is 1. The summed E-state index contributed by atoms with van der Waals surface area (Å²) in [4.78, 5) is 34.1. The van der Waals surface area contributed by atoms with E-state index in [4.69, 9.17) is 14.5 Å². The van der Waals surface area contributed by atoms with Crippen molar-refractivity contribution in [2.24, 2.45) is 0 Å². The van der Waals surface area contributed by atoms with Crippen molar-refractivity contribution < 1.29 is 19.1 Å². The van der Waals surface area contributed by atoms with Crippen LogP contribution < -0.4 is 9.80 Å². The Hall–Kier alpha value is -3.13. The molecule has 2 aromatic rings. The quantitative estimate of drug-likeness (QED) is 0.322. The summed E-state index contributed by atoms with van der Waals surface area (Å²) in [5.41, 5.74) is 4.26. The third-order valence-corrected chi connectivity index (χ3v) is 6.56. The van der Waals surface area contributed by atoms with Crippen molar-refractivity contribution in [3.63, 3.8) is 0 Å². The van der Waals surface area contributed by atoms with Crippen molar-refractivity contribution in [3.05, 3.63) is 53.2 Å². The second-order valence-corrected chi connectivity index (χ2v) is 9.39. The lowest BCUT2D eigenvalue weighted by Crippen LogP contribution is -2.49. The minimum absolute atomic E-state index is 0.0619. The molecule has 38 heavy (non-hydrogen) atoms. The number of amides is 1. The highest BCUT2D eigenvalue weighted by molar-refractivity contribution is 5.94. The summed E-state index contributed by atoms with van der Waals surface area (Å²) in [5, 5.41) is 0. The van der Waals surface area contributed by atoms with Crippen molar-refractivity contribution in [3.8, 4) is 0 Å². The van der Waals surface area contributed by atoms with Gasteiger partial charge in [0, 0.05) is 64.4 Å². The molecule has 8 heteroatoms. The van der Waals surface area contributed by atoms with Crippen molar-refractivity contribution >= 4 is 23.9 Å². The molecule has 0 atom stereocenters. The Morgan fingerprint density at radius 3 is 2.26 bits per heavy atom. The van der Waals surface area contributed by atoms with Crippen LogP contribution in [0.15, 0.2) is 36.5 Å². The SMILES string of the molecule is CC.CCCOC.Cc1cc(C2CC2)cnc1N1CCN(C(=O)c2ccc(N(C)CCOC=O)cc2)CC1. The zero-order valence-corrected chi connectivity index (χ0v) is 24.1. The van der Waals surface area contributed by atoms with E-state index in [2.05, 4.69) is 24.8 Å². The number of piperazine rings is 1. The van der Waals surface area contributed by atoms with E-state index in [1.54, 1.807) is 7.11 Å². The van der Waals surface area contributed by atoms with Crippen LogP contribution in [0.4, 0.5) is 11.5 Å². The average Bonchev–Trinajstić information content (AvgIpc) is 3.81. The molecule has 4 rings (SSSR count). The molecule has 0 spiro atoms. The number of anilines is 2. The van der Waals surface area contributed by atoms with Gasteiger partial charge >= 0.3 is 0 Å². The van der Waals surface area contributed by atoms with Gasteiger partial charge in [0.25, 0.3) is 12.4 Å². The number of benzene rings is 1. The number of rotatable bonds is 10. The molecular formula is C30H46N4O4. The molecule has 210 valence electrons. The van der Waals surface area contributed by atoms with Gasteiger partial charge in [-0.15, -0.1) is 0 Å². The molecule has 0 N–H and O–H groups in total. The van der Waals surface area contributed by atoms with E-state index in [0.29, 0.717) is 44.2 Å². The Balaban J connectivity index is 0.000000651. The number of carbonyl (C=O) groups is 2. The van der Waals surface area contributed by atoms with Gasteiger partial charge in [0.05, 0.1) is 6.54 Å². The zero-order chi connectivity index (χ0) is 27.9. The van der Waals surface area contributed by atoms with Gasteiger partial charge in [0.15, 0.2) is 0 Å². The maximum atomic E-state index is 12.9. The van der Waals surface area contributed by atoms with Crippen LogP contribution in [0, 0.1) is 6.92 Å². The first-order valence-corrected chi connectivity index (χ1v) is 13.8. The van der Waals surface area contributed by atoms with E-state index >= 15 is 0 Å². The number of methoxy groups -OCH3 is 1. The molecular weight excluding hydrogens is 480 g/mol. The van der Waals surface area contributed by atoms with Crippen LogP contribution in [0.1, 0.15) is 67.4 Å². The van der Waals surface area contributed by atoms with E-state index < -0.39 is 0 Å². The first-order chi connectivity index (χ1) is 18.5. The molecule has 0 radical (unpaired) electrons. The second kappa shape index (κ2) is 16.7. The van der Waals surface area contributed by atoms with Gasteiger partial charge < -0.3 is 24.2 Å². The molecule has 2 aliphatic rings. The third kappa shape index (κ3) is 9.31. The van der Waals surface area contributed by atoms with E-state index in [1.807, 2.05) is 61.2 Å². The van der Waals surface area contributed by atoms with E-state index in [9.17, 15) is 9.59 Å². The van der Waals surface area contributed by atoms with Crippen LogP contribution in [0.2, 0.25) is 0 Å². The summed E-state index contributed by atoms with van der Waals surface area (Å²) in [6, 6.07) is 9.87. The van der Waals surface area contributed by atoms with Gasteiger partial charge in [-0.2, -0.15) is 0 Å². The lowest BCUT2D eigenvalue weighted by Gasteiger charge is -2.36. The predicted octanol–water partition coefficient (Wildman–Crippen LogP) is 4.91. The van der Waals surface area contributed by atoms with Gasteiger partial charge in [-0.1, -0.05) is 26.8 Å². The Morgan fingerprint density at radius 1 is 1.11 bits per heavy atom. The lowest BCUT2D eigenvalue weighted by molar-refractivity contribution is -0.128. The van der Waals surface area contributed by atoms with Gasteiger partial charge in [0.2, 0.25) is 0 Å². The highest BCUT2D eigenvalue weighted by Crippen LogP contribution is 2.40. The average molecular weight is 527 g/mol. The van der Waals surface area contributed by atoms with Crippen LogP contribution in [0.3, 0.4) is 0 Å². The minimum Gasteiger partial charge on any atom is -0.466 e. The molecule has 1 amide bonds. The number of aryl methyl sites for hydroxylation is 1. The van der Waals surface area contributed by atoms with Gasteiger partial charge in [-0.25, -0.2) is 4.98 Å². The number of pyridine rings is 1. The van der Waals surface area contributed by atoms with Crippen molar-refractivity contribution in [1.82, 2.24) is 9.88 Å². The molecule has 2 heterocycles. The van der Waals surface area contributed by atoms with Crippen molar-refractivity contribution in [2.75, 3.05) is 69.9 Å². The predicted molar refractivity (Wildman–Crippen MR) is 154 cm³/mol. The smallest absolute Gasteiger partial charge is 0.293 e. The highest BCUT2D eigenvalue weighted by Gasteiger charge is 2.26. The standard InChI is InChI=1S/C24H30N4O3.C4H10O.C2H6/c1-18-15-21(19-3-4-19)16-25-23(18)27-9-11-28(12-10-27)24(30)20-5-7-22(8-6-20)26(2)13-14-31-17-29;1-3-4-5-2;1-2/h5-8,15-17,19H,3-4,9-14H2,1-2H3;3-4H2,1-2H3;1-2H3. The maximum absolute atomic E-state index is 12.9. The molecule has 0 unspecified atom stereocenters. The summed E-state index contributed by atoms with van der Waals surface area (Å²) < 4.78 is 9.43. The fourth-order valence-electron chi connectivity index (χ4n) is 4.29. The van der Waals surface area contributed by atoms with Crippen LogP contribution in [0.5, 0.6) is 0 Å². The van der Waals surface area contributed by atoms with E-state index in [-0.39, 0.29) is 5.91 Å². The molecule has 2 fully saturated rings. The zero-order valence-electron chi connectivity index (χ0n) is 24.1. The monoisotopic (exact) mass is 526 g/mol. The second-order valence-electron chi connectivity index (χ2n) is 9.39. The van der Waals surface area contributed by atoms with Gasteiger partial charge in [0.1, 0.15) is 12.4 Å². The molecule has 1 aliphatic heterocycles. The third-order valence-electron chi connectivity index (χ3n) is 6.56. The summed E-state index contributed by atoms with van der Waals surface area (Å²) in [5.74, 6) is 1.82. The molecule has 1 saturated carbocycles. The summed E-state index contributed by atoms with van der Waals surface area (Å²) >= 11 is 0. The Bertz CT molecular complexity index is 969. The van der Waals surface area contributed by atoms with Gasteiger partial charge in [-0.3, -0.25) is 9.59 Å². The van der Waals surface area contributed by atoms with Crippen LogP contribution >= 0.6 is 0 Å². The van der Waals surface area contributed by atoms with Crippen LogP contribution in [-0.2, 0) is 14.3 Å². The summed E-state index contributed by atoms with van der Waals surface area (Å²) in [7, 11) is 3.64. The van der Waals surface area contributed by atoms with Crippen LogP contribution in [0.25, 0.3) is 0 Å². The molecule has 1 aromatic carbocycles. The largest absolute Gasteiger partial charge is 0.466 e. The van der Waals surface area contributed by atoms with Crippen LogP contribution in [-0.4, -0.2) is 82.4 Å². The normalized spacial score (nSPS) is 14.5.